The highest BCUT2D eigenvalue weighted by Crippen LogP contribution is 2.42. The lowest BCUT2D eigenvalue weighted by Gasteiger charge is -2.23. The maximum atomic E-state index is 14.2. The number of alkyl halides is 16. The van der Waals surface area contributed by atoms with Crippen molar-refractivity contribution in [2.24, 2.45) is 0 Å². The molecule has 0 radical (unpaired) electrons. The minimum absolute atomic E-state index is 1.44. The number of hydrogen-bond acceptors (Lipinski definition) is 7. The molecule has 0 amide bonds. The van der Waals surface area contributed by atoms with E-state index in [1.165, 1.54) is 31.9 Å². The van der Waals surface area contributed by atoms with Crippen molar-refractivity contribution in [3.05, 3.63) is 34.9 Å². The SMILES string of the molecule is FC(F)(F)c1nc(C(F)(F)Br)nc(C(F)(F)OC(F)(F)c2nc(C(F)(F)F)nc(C(F)(F)Br)n2)n1. The van der Waals surface area contributed by atoms with Crippen molar-refractivity contribution in [2.75, 3.05) is 0 Å². The Hall–Kier alpha value is -2.04. The Balaban J connectivity index is 2.64. The standard InChI is InChI=1S/C12Br2F14N6O/c13-7(15,16)1-29-3(9(19,20)21)33-5(31-1)11(25,26)35-12(27,28)6-32-2(8(14,17)18)30-4(34-6)10(22,23)24. The summed E-state index contributed by atoms with van der Waals surface area (Å²) >= 11 is 2.89. The van der Waals surface area contributed by atoms with E-state index in [-0.39, 0.29) is 0 Å². The second-order valence-electron chi connectivity index (χ2n) is 5.74. The van der Waals surface area contributed by atoms with E-state index in [1.54, 1.807) is 0 Å². The molecule has 2 aromatic rings. The average molecular weight is 670 g/mol. The molecule has 7 nitrogen and oxygen atoms in total. The Morgan fingerprint density at radius 2 is 0.629 bits per heavy atom. The molecule has 0 saturated carbocycles. The first-order chi connectivity index (χ1) is 15.3. The molecule has 0 aliphatic rings. The molecule has 0 aliphatic carbocycles. The zero-order valence-corrected chi connectivity index (χ0v) is 18.3. The quantitative estimate of drug-likeness (QED) is 0.284. The number of rotatable bonds is 6. The third kappa shape index (κ3) is 7.01. The van der Waals surface area contributed by atoms with E-state index in [0.717, 1.165) is 0 Å². The molecule has 2 rings (SSSR count). The van der Waals surface area contributed by atoms with Crippen molar-refractivity contribution in [1.82, 2.24) is 29.9 Å². The summed E-state index contributed by atoms with van der Waals surface area (Å²) in [6, 6.07) is 0. The van der Waals surface area contributed by atoms with Crippen LogP contribution in [-0.2, 0) is 39.0 Å². The highest BCUT2D eigenvalue weighted by Gasteiger charge is 2.54. The van der Waals surface area contributed by atoms with Gasteiger partial charge >= 0.3 is 34.2 Å². The predicted molar refractivity (Wildman–Crippen MR) is 84.2 cm³/mol. The fraction of sp³-hybridized carbons (Fsp3) is 0.500. The molecule has 2 aromatic heterocycles. The van der Waals surface area contributed by atoms with Crippen LogP contribution in [0.2, 0.25) is 0 Å². The lowest BCUT2D eigenvalue weighted by Crippen LogP contribution is -2.35. The van der Waals surface area contributed by atoms with Gasteiger partial charge in [-0.2, -0.15) is 61.5 Å². The molecular formula is C12Br2F14N6O. The number of nitrogens with zero attached hydrogens (tertiary/aromatic N) is 6. The van der Waals surface area contributed by atoms with Gasteiger partial charge in [0.2, 0.25) is 34.9 Å². The van der Waals surface area contributed by atoms with Gasteiger partial charge in [0.25, 0.3) is 0 Å². The van der Waals surface area contributed by atoms with E-state index in [2.05, 4.69) is 24.7 Å². The van der Waals surface area contributed by atoms with E-state index < -0.39 is 69.2 Å². The number of halogens is 16. The number of aromatic nitrogens is 6. The molecule has 0 unspecified atom stereocenters. The molecule has 196 valence electrons. The van der Waals surface area contributed by atoms with Crippen LogP contribution in [0.3, 0.4) is 0 Å². The Morgan fingerprint density at radius 1 is 0.400 bits per heavy atom. The van der Waals surface area contributed by atoms with E-state index in [0.29, 0.717) is 0 Å². The van der Waals surface area contributed by atoms with Crippen LogP contribution in [0.1, 0.15) is 34.9 Å². The van der Waals surface area contributed by atoms with Crippen LogP contribution in [0, 0.1) is 0 Å². The fourth-order valence-electron chi connectivity index (χ4n) is 1.77. The highest BCUT2D eigenvalue weighted by molar-refractivity contribution is 9.09. The van der Waals surface area contributed by atoms with Crippen LogP contribution in [0.5, 0.6) is 0 Å². The molecular weight excluding hydrogens is 670 g/mol. The third-order valence-electron chi connectivity index (χ3n) is 3.06. The molecule has 0 bridgehead atoms. The molecule has 0 saturated heterocycles. The van der Waals surface area contributed by atoms with Gasteiger partial charge in [-0.1, -0.05) is 0 Å². The summed E-state index contributed by atoms with van der Waals surface area (Å²) in [5, 5.41) is 0. The zero-order chi connectivity index (χ0) is 27.4. The second-order valence-corrected chi connectivity index (χ2v) is 7.73. The maximum Gasteiger partial charge on any atom is 0.451 e. The van der Waals surface area contributed by atoms with Gasteiger partial charge in [-0.25, -0.2) is 34.6 Å². The summed E-state index contributed by atoms with van der Waals surface area (Å²) in [5.74, 6) is -15.8. The molecule has 0 N–H and O–H groups in total. The molecule has 0 aromatic carbocycles. The van der Waals surface area contributed by atoms with Crippen LogP contribution in [-0.4, -0.2) is 29.9 Å². The summed E-state index contributed by atoms with van der Waals surface area (Å²) < 4.78 is 189. The molecule has 35 heavy (non-hydrogen) atoms. The summed E-state index contributed by atoms with van der Waals surface area (Å²) in [6.45, 7) is 0. The lowest BCUT2D eigenvalue weighted by atomic mass is 10.4. The maximum absolute atomic E-state index is 14.2. The second kappa shape index (κ2) is 8.81. The molecule has 23 heteroatoms. The molecule has 0 spiro atoms. The van der Waals surface area contributed by atoms with Crippen LogP contribution >= 0.6 is 31.9 Å². The Kier molecular flexibility index (Phi) is 7.35. The first kappa shape index (κ1) is 29.2. The third-order valence-corrected chi connectivity index (χ3v) is 3.77. The van der Waals surface area contributed by atoms with Gasteiger partial charge in [-0.3, -0.25) is 0 Å². The van der Waals surface area contributed by atoms with Crippen LogP contribution in [0.15, 0.2) is 0 Å². The Morgan fingerprint density at radius 3 is 0.857 bits per heavy atom. The van der Waals surface area contributed by atoms with Crippen molar-refractivity contribution in [1.29, 1.82) is 0 Å². The smallest absolute Gasteiger partial charge is 0.242 e. The molecule has 0 fully saturated rings. The summed E-state index contributed by atoms with van der Waals surface area (Å²) in [7, 11) is 0. The van der Waals surface area contributed by atoms with Gasteiger partial charge in [0.05, 0.1) is 0 Å². The van der Waals surface area contributed by atoms with E-state index in [4.69, 9.17) is 0 Å². The van der Waals surface area contributed by atoms with Crippen LogP contribution < -0.4 is 0 Å². The number of hydrogen-bond donors (Lipinski definition) is 0. The van der Waals surface area contributed by atoms with Crippen molar-refractivity contribution in [2.45, 2.75) is 34.2 Å². The van der Waals surface area contributed by atoms with Gasteiger partial charge in [-0.15, -0.1) is 0 Å². The van der Waals surface area contributed by atoms with Crippen LogP contribution in [0.25, 0.3) is 0 Å². The molecule has 2 heterocycles. The van der Waals surface area contributed by atoms with Gasteiger partial charge < -0.3 is 0 Å². The topological polar surface area (TPSA) is 86.6 Å². The Bertz CT molecular complexity index is 947. The van der Waals surface area contributed by atoms with E-state index in [9.17, 15) is 61.5 Å². The fourth-order valence-corrected chi connectivity index (χ4v) is 2.13. The van der Waals surface area contributed by atoms with E-state index >= 15 is 0 Å². The first-order valence-corrected chi connectivity index (χ1v) is 9.20. The minimum atomic E-state index is -5.90. The van der Waals surface area contributed by atoms with Gasteiger partial charge in [0, 0.05) is 0 Å². The Labute approximate surface area is 197 Å². The monoisotopic (exact) mass is 668 g/mol. The normalized spacial score (nSPS) is 14.4. The van der Waals surface area contributed by atoms with Gasteiger partial charge in [-0.05, 0) is 31.9 Å². The van der Waals surface area contributed by atoms with Crippen molar-refractivity contribution in [3.63, 3.8) is 0 Å². The van der Waals surface area contributed by atoms with Crippen LogP contribution in [0.4, 0.5) is 61.5 Å². The van der Waals surface area contributed by atoms with Crippen molar-refractivity contribution >= 4 is 31.9 Å². The van der Waals surface area contributed by atoms with E-state index in [1.807, 2.05) is 9.97 Å². The van der Waals surface area contributed by atoms with Gasteiger partial charge in [0.1, 0.15) is 0 Å². The highest BCUT2D eigenvalue weighted by atomic mass is 79.9. The van der Waals surface area contributed by atoms with Crippen molar-refractivity contribution in [3.8, 4) is 0 Å². The largest absolute Gasteiger partial charge is 0.451 e. The average Bonchev–Trinajstić information content (AvgIpc) is 2.63. The summed E-state index contributed by atoms with van der Waals surface area (Å²) in [4.78, 5) is 3.43. The summed E-state index contributed by atoms with van der Waals surface area (Å²) in [5.41, 5.74) is 0. The predicted octanol–water partition coefficient (Wildman–Crippen LogP) is 5.80. The number of ether oxygens (including phenoxy) is 1. The van der Waals surface area contributed by atoms with Gasteiger partial charge in [0.15, 0.2) is 0 Å². The van der Waals surface area contributed by atoms with Crippen molar-refractivity contribution < 1.29 is 66.2 Å². The first-order valence-electron chi connectivity index (χ1n) is 7.62. The lowest BCUT2D eigenvalue weighted by molar-refractivity contribution is -0.397. The minimum Gasteiger partial charge on any atom is -0.242 e. The molecule has 0 aliphatic heterocycles. The zero-order valence-electron chi connectivity index (χ0n) is 15.1. The molecule has 0 atom stereocenters. The summed E-state index contributed by atoms with van der Waals surface area (Å²) in [6.07, 6.45) is -23.4.